The second kappa shape index (κ2) is 54.2. The number of hydrogen-bond donors (Lipinski definition) is 23. The first-order chi connectivity index (χ1) is 53.2. The zero-order valence-electron chi connectivity index (χ0n) is 64.1. The normalized spacial score (nSPS) is 15.0. The van der Waals surface area contributed by atoms with Crippen LogP contribution in [0.5, 0.6) is 0 Å². The lowest BCUT2D eigenvalue weighted by atomic mass is 9.99. The van der Waals surface area contributed by atoms with Gasteiger partial charge in [0.05, 0.1) is 52.0 Å². The molecule has 1 rings (SSSR count). The van der Waals surface area contributed by atoms with Gasteiger partial charge in [0, 0.05) is 25.8 Å². The van der Waals surface area contributed by atoms with Gasteiger partial charge in [0.25, 0.3) is 0 Å². The summed E-state index contributed by atoms with van der Waals surface area (Å²) in [4.78, 5) is 256. The molecule has 0 bridgehead atoms. The topological polar surface area (TPSA) is 712 Å². The summed E-state index contributed by atoms with van der Waals surface area (Å²) in [5, 5.41) is 87.6. The van der Waals surface area contributed by atoms with Crippen molar-refractivity contribution in [3.8, 4) is 0 Å². The minimum absolute atomic E-state index is 0.0181. The molecule has 0 saturated carbocycles. The summed E-state index contributed by atoms with van der Waals surface area (Å²) in [5.74, 6) is -22.7. The zero-order chi connectivity index (χ0) is 87.3. The summed E-state index contributed by atoms with van der Waals surface area (Å²) in [6.07, 6.45) is -5.01. The summed E-state index contributed by atoms with van der Waals surface area (Å²) in [6.45, 7) is 4.37. The second-order valence-corrected chi connectivity index (χ2v) is 28.1. The second-order valence-electron chi connectivity index (χ2n) is 27.1. The maximum Gasteiger partial charge on any atom is 0.490 e. The summed E-state index contributed by atoms with van der Waals surface area (Å²) >= 11 is 1.33. The fraction of sp³-hybridized carbons (Fsp3) is 0.697. The third kappa shape index (κ3) is 42.9. The number of unbranched alkanes of at least 4 members (excludes halogenated alkanes) is 1. The van der Waals surface area contributed by atoms with Crippen molar-refractivity contribution in [2.75, 3.05) is 71.0 Å². The lowest BCUT2D eigenvalue weighted by Gasteiger charge is -2.31. The van der Waals surface area contributed by atoms with E-state index in [1.807, 2.05) is 0 Å². The molecule has 48 heteroatoms. The molecule has 1 fully saturated rings. The van der Waals surface area contributed by atoms with E-state index >= 15 is 0 Å². The number of primary amides is 1. The number of amides is 16. The number of halogens is 3. The van der Waals surface area contributed by atoms with Crippen molar-refractivity contribution in [2.24, 2.45) is 35.0 Å². The maximum atomic E-state index is 14.3. The number of carbonyl (C=O) groups excluding carboxylic acids is 16. The summed E-state index contributed by atoms with van der Waals surface area (Å²) < 4.78 is 31.7. The minimum Gasteiger partial charge on any atom is -0.481 e. The van der Waals surface area contributed by atoms with Crippen molar-refractivity contribution in [1.29, 1.82) is 0 Å². The van der Waals surface area contributed by atoms with Gasteiger partial charge in [0.1, 0.15) is 60.4 Å². The van der Waals surface area contributed by atoms with Gasteiger partial charge in [-0.05, 0) is 107 Å². The first-order valence-electron chi connectivity index (χ1n) is 36.0. The standard InChI is InChI=1S/C64H108N18O24S.C2HF3O2/c1-32(2)23-35(66)54(95)75-36(14-17-51(91)92)56(97)76-37(15-18-52(93)94)57(98)80-42(30-83)55(96)71-26-47(87)68-25-46(86)69-28-49(89)73-41(24-33(3)4)59(100)81-53(34(5)6)62(103)78-39(13-16-45(67)85)63(104)82-21-10-12-44(82)61(102)72-27-48(88)70-29-50(90)74-43(31-84)60(101)77-38(19-22-107-7)58(99)79-40(64(105)106)11-8-9-20-65;3-2(4,5)1(6)7/h32-44,53,83-84H,8-31,65-66H2,1-7H3,(H2,67,85)(H,68,87)(H,69,86)(H,70,88)(H,71,96)(H,72,102)(H,73,89)(H,74,90)(H,75,95)(H,76,97)(H,77,101)(H,78,103)(H,79,99)(H,80,98)(H,81,100)(H,91,92)(H,93,94)(H,105,106);(H,6,7)/t35-,36-,37-,38-,39-,40-,41-,42-,43-,44-,53-;/m0./s1. The lowest BCUT2D eigenvalue weighted by molar-refractivity contribution is -0.192. The molecule has 1 aliphatic rings. The summed E-state index contributed by atoms with van der Waals surface area (Å²) in [5.41, 5.74) is 16.8. The highest BCUT2D eigenvalue weighted by Crippen LogP contribution is 2.21. The van der Waals surface area contributed by atoms with Gasteiger partial charge in [-0.25, -0.2) is 9.59 Å². The fourth-order valence-electron chi connectivity index (χ4n) is 10.3. The summed E-state index contributed by atoms with van der Waals surface area (Å²) in [6, 6.07) is -15.9. The fourth-order valence-corrected chi connectivity index (χ4v) is 10.8. The molecule has 646 valence electrons. The number of aliphatic hydroxyl groups is 2. The summed E-state index contributed by atoms with van der Waals surface area (Å²) in [7, 11) is 0. The van der Waals surface area contributed by atoms with Gasteiger partial charge in [-0.15, -0.1) is 0 Å². The number of rotatable bonds is 53. The van der Waals surface area contributed by atoms with Crippen LogP contribution in [0.4, 0.5) is 13.2 Å². The monoisotopic (exact) mass is 1660 g/mol. The Kier molecular flexibility index (Phi) is 49.1. The van der Waals surface area contributed by atoms with E-state index in [9.17, 15) is 130 Å². The van der Waals surface area contributed by atoms with Gasteiger partial charge >= 0.3 is 30.1 Å². The van der Waals surface area contributed by atoms with Crippen LogP contribution in [0.15, 0.2) is 0 Å². The van der Waals surface area contributed by atoms with Gasteiger partial charge in [0.15, 0.2) is 0 Å². The molecule has 114 heavy (non-hydrogen) atoms. The molecule has 0 aliphatic carbocycles. The van der Waals surface area contributed by atoms with Crippen LogP contribution in [0.2, 0.25) is 0 Å². The molecule has 0 aromatic carbocycles. The number of likely N-dealkylation sites (tertiary alicyclic amines) is 1. The van der Waals surface area contributed by atoms with E-state index in [4.69, 9.17) is 27.1 Å². The number of aliphatic carboxylic acids is 4. The molecule has 0 aromatic heterocycles. The van der Waals surface area contributed by atoms with Gasteiger partial charge in [0.2, 0.25) is 94.5 Å². The van der Waals surface area contributed by atoms with E-state index in [1.165, 1.54) is 11.8 Å². The SMILES string of the molecule is CSCC[C@H](NC(=O)[C@H](CO)NC(=O)CNC(=O)CNC(=O)[C@@H]1CCCN1C(=O)[C@H](CCC(N)=O)NC(=O)[C@@H](NC(=O)[C@H](CC(C)C)NC(=O)CNC(=O)CNC(=O)CNC(=O)[C@H](CO)NC(=O)[C@H](CCC(=O)O)NC(=O)[C@H](CCC(=O)O)NC(=O)[C@@H](N)CC(C)C)C(C)C)C(=O)N[C@@H](CCCCN)C(=O)O.O=C(O)C(F)(F)F. The van der Waals surface area contributed by atoms with E-state index in [-0.39, 0.29) is 63.3 Å². The Balaban J connectivity index is 0.0000173. The first kappa shape index (κ1) is 103. The molecule has 0 aromatic rings. The van der Waals surface area contributed by atoms with Crippen LogP contribution in [-0.4, -0.2) is 298 Å². The number of nitrogens with two attached hydrogens (primary N) is 3. The van der Waals surface area contributed by atoms with Crippen LogP contribution in [0.25, 0.3) is 0 Å². The van der Waals surface area contributed by atoms with E-state index in [0.29, 0.717) is 25.1 Å². The van der Waals surface area contributed by atoms with Crippen molar-refractivity contribution in [1.82, 2.24) is 79.3 Å². The Morgan fingerprint density at radius 1 is 0.465 bits per heavy atom. The Bertz CT molecular complexity index is 3320. The molecule has 0 unspecified atom stereocenters. The van der Waals surface area contributed by atoms with Crippen molar-refractivity contribution in [2.45, 2.75) is 204 Å². The van der Waals surface area contributed by atoms with Crippen molar-refractivity contribution < 1.29 is 140 Å². The number of nitrogens with one attached hydrogen (secondary N) is 14. The lowest BCUT2D eigenvalue weighted by Crippen LogP contribution is -2.60. The molecular formula is C66H109F3N18O26S. The third-order valence-electron chi connectivity index (χ3n) is 16.2. The average Bonchev–Trinajstić information content (AvgIpc) is 1.66. The molecule has 11 atom stereocenters. The number of carboxylic acids is 4. The van der Waals surface area contributed by atoms with Gasteiger partial charge in [-0.1, -0.05) is 41.5 Å². The molecule has 44 nitrogen and oxygen atoms in total. The van der Waals surface area contributed by atoms with E-state index < -0.39 is 275 Å². The van der Waals surface area contributed by atoms with Crippen LogP contribution in [0, 0.1) is 17.8 Å². The molecule has 16 amide bonds. The van der Waals surface area contributed by atoms with E-state index in [2.05, 4.69) is 74.4 Å². The van der Waals surface area contributed by atoms with E-state index in [0.717, 1.165) is 4.90 Å². The molecule has 1 saturated heterocycles. The third-order valence-corrected chi connectivity index (χ3v) is 16.9. The molecule has 26 N–H and O–H groups in total. The minimum atomic E-state index is -5.08. The predicted octanol–water partition coefficient (Wildman–Crippen LogP) is -8.42. The van der Waals surface area contributed by atoms with Crippen molar-refractivity contribution in [3.05, 3.63) is 0 Å². The Morgan fingerprint density at radius 3 is 1.31 bits per heavy atom. The number of aliphatic hydroxyl groups excluding tert-OH is 2. The van der Waals surface area contributed by atoms with Crippen molar-refractivity contribution in [3.63, 3.8) is 0 Å². The molecule has 0 radical (unpaired) electrons. The van der Waals surface area contributed by atoms with Gasteiger partial charge in [-0.2, -0.15) is 24.9 Å². The van der Waals surface area contributed by atoms with Crippen molar-refractivity contribution >= 4 is 130 Å². The number of carboxylic acid groups (broad SMARTS) is 4. The smallest absolute Gasteiger partial charge is 0.481 e. The van der Waals surface area contributed by atoms with Gasteiger partial charge < -0.3 is 127 Å². The van der Waals surface area contributed by atoms with Crippen LogP contribution in [0.3, 0.4) is 0 Å². The number of nitrogens with zero attached hydrogens (tertiary/aromatic N) is 1. The Morgan fingerprint density at radius 2 is 0.868 bits per heavy atom. The quantitative estimate of drug-likeness (QED) is 0.0252. The largest absolute Gasteiger partial charge is 0.490 e. The molecule has 1 aliphatic heterocycles. The highest BCUT2D eigenvalue weighted by Gasteiger charge is 2.41. The number of carbonyl (C=O) groups is 20. The first-order valence-corrected chi connectivity index (χ1v) is 37.4. The van der Waals surface area contributed by atoms with Crippen LogP contribution >= 0.6 is 11.8 Å². The zero-order valence-corrected chi connectivity index (χ0v) is 64.9. The van der Waals surface area contributed by atoms with E-state index in [1.54, 1.807) is 47.8 Å². The molecular weight excluding hydrogens is 1550 g/mol. The Hall–Kier alpha value is -10.6. The highest BCUT2D eigenvalue weighted by atomic mass is 32.2. The Labute approximate surface area is 657 Å². The molecule has 0 spiro atoms. The van der Waals surface area contributed by atoms with Crippen LogP contribution in [0.1, 0.15) is 131 Å². The number of thioether (sulfide) groups is 1. The highest BCUT2D eigenvalue weighted by molar-refractivity contribution is 7.98. The van der Waals surface area contributed by atoms with Gasteiger partial charge in [-0.3, -0.25) is 86.3 Å². The molecule has 1 heterocycles. The average molecular weight is 1660 g/mol. The number of hydrogen-bond acceptors (Lipinski definition) is 25. The maximum absolute atomic E-state index is 14.3. The number of alkyl halides is 3. The predicted molar refractivity (Wildman–Crippen MR) is 392 cm³/mol. The van der Waals surface area contributed by atoms with Crippen LogP contribution < -0.4 is 91.6 Å². The van der Waals surface area contributed by atoms with Crippen LogP contribution in [-0.2, 0) is 95.9 Å².